The summed E-state index contributed by atoms with van der Waals surface area (Å²) in [7, 11) is 8.02. The SMILES string of the molecule is COC(=O)c1ccc(N(c2ccc(C(=O)OC)cc2)c2ccc(-c3cc(-c4ccc(N(c5ccc(C(=O)OC)cc5)c5ccc(C(=O)OC)cc5)cc4)cc(-c4ccc(N(c5ccc(C(=O)OC)cc5)c5ccc(C(=O)OC)cc5)cc4)c3)cc2)cc1. The van der Waals surface area contributed by atoms with Crippen molar-refractivity contribution in [3.63, 3.8) is 0 Å². The van der Waals surface area contributed by atoms with Crippen molar-refractivity contribution in [1.29, 1.82) is 0 Å². The number of esters is 6. The number of benzene rings is 10. The van der Waals surface area contributed by atoms with Crippen LogP contribution in [0.3, 0.4) is 0 Å². The highest BCUT2D eigenvalue weighted by Crippen LogP contribution is 2.42. The Hall–Kier alpha value is -11.6. The van der Waals surface area contributed by atoms with Crippen molar-refractivity contribution in [3.05, 3.63) is 270 Å². The van der Waals surface area contributed by atoms with Crippen molar-refractivity contribution < 1.29 is 57.2 Å². The molecule has 0 N–H and O–H groups in total. The van der Waals surface area contributed by atoms with E-state index in [9.17, 15) is 28.8 Å². The first-order chi connectivity index (χ1) is 42.3. The van der Waals surface area contributed by atoms with E-state index in [0.717, 1.165) is 84.6 Å². The number of hydrogen-bond donors (Lipinski definition) is 0. The Kier molecular flexibility index (Phi) is 17.7. The average Bonchev–Trinajstić information content (AvgIpc) is 3.12. The van der Waals surface area contributed by atoms with Gasteiger partial charge in [0.1, 0.15) is 0 Å². The minimum Gasteiger partial charge on any atom is -0.465 e. The van der Waals surface area contributed by atoms with E-state index in [1.807, 2.05) is 160 Å². The van der Waals surface area contributed by atoms with Gasteiger partial charge in [0.25, 0.3) is 0 Å². The summed E-state index contributed by atoms with van der Waals surface area (Å²) >= 11 is 0. The number of nitrogens with zero attached hydrogens (tertiary/aromatic N) is 3. The predicted molar refractivity (Wildman–Crippen MR) is 335 cm³/mol. The third-order valence-electron chi connectivity index (χ3n) is 14.6. The highest BCUT2D eigenvalue weighted by atomic mass is 16.5. The summed E-state index contributed by atoms with van der Waals surface area (Å²) in [4.78, 5) is 80.9. The number of hydrogen-bond acceptors (Lipinski definition) is 15. The molecule has 10 aromatic carbocycles. The highest BCUT2D eigenvalue weighted by Gasteiger charge is 2.21. The summed E-state index contributed by atoms with van der Waals surface area (Å²) in [5.74, 6) is -2.76. The van der Waals surface area contributed by atoms with Crippen LogP contribution in [0.25, 0.3) is 33.4 Å². The number of methoxy groups -OCH3 is 6. The van der Waals surface area contributed by atoms with Gasteiger partial charge in [-0.2, -0.15) is 0 Å². The Morgan fingerprint density at radius 1 is 0.195 bits per heavy atom. The molecular weight excluding hydrogens is 1100 g/mol. The smallest absolute Gasteiger partial charge is 0.337 e. The van der Waals surface area contributed by atoms with Crippen LogP contribution >= 0.6 is 0 Å². The van der Waals surface area contributed by atoms with Crippen LogP contribution in [0.4, 0.5) is 51.2 Å². The molecule has 0 unspecified atom stereocenters. The second-order valence-electron chi connectivity index (χ2n) is 19.7. The molecule has 0 saturated heterocycles. The van der Waals surface area contributed by atoms with E-state index < -0.39 is 35.8 Å². The first kappa shape index (κ1) is 58.6. The van der Waals surface area contributed by atoms with Crippen LogP contribution in [0.5, 0.6) is 0 Å². The molecule has 0 aromatic heterocycles. The Bertz CT molecular complexity index is 3500. The molecule has 10 aromatic rings. The summed E-state index contributed by atoms with van der Waals surface area (Å²) in [6, 6.07) is 73.3. The van der Waals surface area contributed by atoms with Crippen LogP contribution in [0.15, 0.2) is 237 Å². The van der Waals surface area contributed by atoms with E-state index in [0.29, 0.717) is 33.4 Å². The van der Waals surface area contributed by atoms with Gasteiger partial charge >= 0.3 is 35.8 Å². The maximum Gasteiger partial charge on any atom is 0.337 e. The molecule has 0 aliphatic carbocycles. The van der Waals surface area contributed by atoms with Gasteiger partial charge in [-0.25, -0.2) is 28.8 Å². The quantitative estimate of drug-likeness (QED) is 0.0587. The van der Waals surface area contributed by atoms with E-state index in [4.69, 9.17) is 28.4 Å². The summed E-state index contributed by atoms with van der Waals surface area (Å²) in [6.07, 6.45) is 0. The van der Waals surface area contributed by atoms with E-state index in [-0.39, 0.29) is 0 Å². The standard InChI is InChI=1S/C72H57N3O12/c1-82-67(76)49-13-31-61(32-14-49)73(62-33-15-50(16-34-62)68(77)83-2)58-25-7-46(8-26-58)55-43-56(47-9-27-59(28-10-47)74(63-35-17-51(18-36-63)69(78)84-3)64-37-19-52(20-38-64)70(79)85-4)45-57(44-55)48-11-29-60(30-12-48)75(65-39-21-53(22-40-65)71(80)86-5)66-41-23-54(24-42-66)72(81)87-6/h7-45H,1-6H3. The molecule has 432 valence electrons. The molecule has 0 fully saturated rings. The monoisotopic (exact) mass is 1160 g/mol. The predicted octanol–water partition coefficient (Wildman–Crippen LogP) is 15.8. The lowest BCUT2D eigenvalue weighted by molar-refractivity contribution is 0.0592. The number of rotatable bonds is 18. The van der Waals surface area contributed by atoms with Gasteiger partial charge in [-0.15, -0.1) is 0 Å². The van der Waals surface area contributed by atoms with Crippen molar-refractivity contribution in [1.82, 2.24) is 0 Å². The first-order valence-electron chi connectivity index (χ1n) is 27.3. The van der Waals surface area contributed by atoms with Crippen molar-refractivity contribution >= 4 is 87.0 Å². The van der Waals surface area contributed by atoms with Gasteiger partial charge < -0.3 is 43.1 Å². The lowest BCUT2D eigenvalue weighted by Gasteiger charge is -2.26. The Morgan fingerprint density at radius 3 is 0.448 bits per heavy atom. The summed E-state index contributed by atoms with van der Waals surface area (Å²) in [5.41, 5.74) is 14.7. The molecule has 0 bridgehead atoms. The summed E-state index contributed by atoms with van der Waals surface area (Å²) in [6.45, 7) is 0. The second-order valence-corrected chi connectivity index (χ2v) is 19.7. The molecule has 87 heavy (non-hydrogen) atoms. The normalized spacial score (nSPS) is 10.7. The molecule has 0 saturated carbocycles. The molecule has 0 spiro atoms. The molecule has 0 heterocycles. The Labute approximate surface area is 502 Å². The lowest BCUT2D eigenvalue weighted by atomic mass is 9.93. The van der Waals surface area contributed by atoms with E-state index >= 15 is 0 Å². The average molecular weight is 1160 g/mol. The molecule has 0 radical (unpaired) electrons. The first-order valence-corrected chi connectivity index (χ1v) is 27.3. The highest BCUT2D eigenvalue weighted by molar-refractivity contribution is 5.95. The van der Waals surface area contributed by atoms with Crippen LogP contribution in [-0.4, -0.2) is 78.5 Å². The zero-order valence-corrected chi connectivity index (χ0v) is 48.3. The fourth-order valence-electron chi connectivity index (χ4n) is 10.1. The van der Waals surface area contributed by atoms with Crippen LogP contribution in [0.2, 0.25) is 0 Å². The largest absolute Gasteiger partial charge is 0.465 e. The molecule has 0 atom stereocenters. The summed E-state index contributed by atoms with van der Waals surface area (Å²) < 4.78 is 29.9. The molecule has 10 rings (SSSR count). The van der Waals surface area contributed by atoms with Crippen molar-refractivity contribution in [2.75, 3.05) is 57.4 Å². The van der Waals surface area contributed by atoms with Crippen molar-refractivity contribution in [2.24, 2.45) is 0 Å². The fraction of sp³-hybridized carbons (Fsp3) is 0.0833. The number of anilines is 9. The molecule has 15 nitrogen and oxygen atoms in total. The zero-order chi connectivity index (χ0) is 61.1. The van der Waals surface area contributed by atoms with Gasteiger partial charge in [-0.05, 0) is 234 Å². The van der Waals surface area contributed by atoms with Gasteiger partial charge in [-0.3, -0.25) is 0 Å². The van der Waals surface area contributed by atoms with Gasteiger partial charge in [0, 0.05) is 51.2 Å². The Morgan fingerprint density at radius 2 is 0.322 bits per heavy atom. The van der Waals surface area contributed by atoms with E-state index in [2.05, 4.69) is 18.2 Å². The van der Waals surface area contributed by atoms with E-state index in [1.165, 1.54) is 42.7 Å². The molecule has 0 amide bonds. The maximum absolute atomic E-state index is 12.5. The van der Waals surface area contributed by atoms with Crippen LogP contribution in [-0.2, 0) is 28.4 Å². The van der Waals surface area contributed by atoms with Crippen molar-refractivity contribution in [2.45, 2.75) is 0 Å². The van der Waals surface area contributed by atoms with Gasteiger partial charge in [0.15, 0.2) is 0 Å². The molecule has 15 heteroatoms. The number of carbonyl (C=O) groups excluding carboxylic acids is 6. The molecular formula is C72H57N3O12. The van der Waals surface area contributed by atoms with Gasteiger partial charge in [0.05, 0.1) is 76.0 Å². The third kappa shape index (κ3) is 12.8. The maximum atomic E-state index is 12.5. The molecule has 0 aliphatic rings. The molecule has 0 aliphatic heterocycles. The zero-order valence-electron chi connectivity index (χ0n) is 48.3. The van der Waals surface area contributed by atoms with Crippen LogP contribution in [0.1, 0.15) is 62.1 Å². The lowest BCUT2D eigenvalue weighted by Crippen LogP contribution is -2.11. The summed E-state index contributed by atoms with van der Waals surface area (Å²) in [5, 5.41) is 0. The van der Waals surface area contributed by atoms with Crippen LogP contribution in [0, 0.1) is 0 Å². The third-order valence-corrected chi connectivity index (χ3v) is 14.6. The minimum absolute atomic E-state index is 0.393. The topological polar surface area (TPSA) is 168 Å². The fourth-order valence-corrected chi connectivity index (χ4v) is 10.1. The van der Waals surface area contributed by atoms with Crippen molar-refractivity contribution in [3.8, 4) is 33.4 Å². The minimum atomic E-state index is -0.460. The van der Waals surface area contributed by atoms with Crippen LogP contribution < -0.4 is 14.7 Å². The van der Waals surface area contributed by atoms with Gasteiger partial charge in [0.2, 0.25) is 0 Å². The Balaban J connectivity index is 1.07. The number of ether oxygens (including phenoxy) is 6. The van der Waals surface area contributed by atoms with Gasteiger partial charge in [-0.1, -0.05) is 36.4 Å². The number of carbonyl (C=O) groups is 6. The van der Waals surface area contributed by atoms with E-state index in [1.54, 1.807) is 72.8 Å². The second kappa shape index (κ2) is 26.3.